The smallest absolute Gasteiger partial charge is 0.185 e. The van der Waals surface area contributed by atoms with E-state index in [2.05, 4.69) is 0 Å². The minimum atomic E-state index is -0.763. The summed E-state index contributed by atoms with van der Waals surface area (Å²) in [6, 6.07) is 9.16. The Morgan fingerprint density at radius 3 is 2.67 bits per heavy atom. The Morgan fingerprint density at radius 1 is 1.33 bits per heavy atom. The molecule has 0 radical (unpaired) electrons. The van der Waals surface area contributed by atoms with Crippen molar-refractivity contribution in [3.05, 3.63) is 71.8 Å². The van der Waals surface area contributed by atoms with Gasteiger partial charge in [0, 0.05) is 5.56 Å². The van der Waals surface area contributed by atoms with E-state index < -0.39 is 5.60 Å². The van der Waals surface area contributed by atoms with Crippen LogP contribution in [0.1, 0.15) is 23.7 Å². The lowest BCUT2D eigenvalue weighted by atomic mass is 9.94. The summed E-state index contributed by atoms with van der Waals surface area (Å²) in [5.41, 5.74) is 0.868. The molecule has 2 nitrogen and oxygen atoms in total. The highest BCUT2D eigenvalue weighted by atomic mass is 16.3. The van der Waals surface area contributed by atoms with Gasteiger partial charge in [-0.3, -0.25) is 4.79 Å². The Bertz CT molecular complexity index is 519. The molecular weight excluding hydrogens is 224 g/mol. The largest absolute Gasteiger partial charge is 0.386 e. The number of hydrogen-bond acceptors (Lipinski definition) is 2. The molecule has 1 atom stereocenters. The molecule has 0 aromatic heterocycles. The molecule has 0 saturated carbocycles. The predicted molar refractivity (Wildman–Crippen MR) is 72.4 cm³/mol. The third-order valence-corrected chi connectivity index (χ3v) is 2.87. The monoisotopic (exact) mass is 240 g/mol. The Hall–Kier alpha value is -1.93. The van der Waals surface area contributed by atoms with E-state index in [1.165, 1.54) is 0 Å². The second kappa shape index (κ2) is 5.15. The van der Waals surface area contributed by atoms with E-state index in [4.69, 9.17) is 0 Å². The maximum absolute atomic E-state index is 11.8. The summed E-state index contributed by atoms with van der Waals surface area (Å²) < 4.78 is 0. The average molecular weight is 240 g/mol. The van der Waals surface area contributed by atoms with Crippen molar-refractivity contribution in [1.29, 1.82) is 0 Å². The van der Waals surface area contributed by atoms with E-state index in [1.54, 1.807) is 37.3 Å². The van der Waals surface area contributed by atoms with Crippen molar-refractivity contribution in [2.45, 2.75) is 18.9 Å². The molecule has 1 aliphatic carbocycles. The molecule has 0 saturated heterocycles. The summed E-state index contributed by atoms with van der Waals surface area (Å²) in [6.07, 6.45) is 9.42. The predicted octanol–water partition coefficient (Wildman–Crippen LogP) is 3.06. The van der Waals surface area contributed by atoms with Crippen LogP contribution in [-0.4, -0.2) is 16.5 Å². The summed E-state index contributed by atoms with van der Waals surface area (Å²) >= 11 is 0. The number of carbonyl (C=O) groups excluding carboxylic acids is 1. The SMILES string of the molecule is CC1(O)C=CC(C=CC(=O)c2ccccc2)=CC1. The van der Waals surface area contributed by atoms with Crippen LogP contribution in [0.2, 0.25) is 0 Å². The van der Waals surface area contributed by atoms with Crippen molar-refractivity contribution in [3.8, 4) is 0 Å². The normalized spacial score (nSPS) is 23.1. The van der Waals surface area contributed by atoms with Crippen LogP contribution in [-0.2, 0) is 0 Å². The molecule has 1 aromatic carbocycles. The van der Waals surface area contributed by atoms with Crippen molar-refractivity contribution >= 4 is 5.78 Å². The van der Waals surface area contributed by atoms with Gasteiger partial charge in [0.1, 0.15) is 0 Å². The zero-order valence-corrected chi connectivity index (χ0v) is 10.3. The van der Waals surface area contributed by atoms with Gasteiger partial charge >= 0.3 is 0 Å². The first-order valence-corrected chi connectivity index (χ1v) is 5.96. The lowest BCUT2D eigenvalue weighted by Gasteiger charge is -2.20. The highest BCUT2D eigenvalue weighted by Crippen LogP contribution is 2.20. The molecule has 0 heterocycles. The molecule has 1 aromatic rings. The number of ketones is 1. The van der Waals surface area contributed by atoms with E-state index in [-0.39, 0.29) is 5.78 Å². The molecule has 92 valence electrons. The first-order valence-electron chi connectivity index (χ1n) is 5.96. The van der Waals surface area contributed by atoms with Crippen LogP contribution >= 0.6 is 0 Å². The standard InChI is InChI=1S/C16H16O2/c1-16(18)11-9-13(10-12-16)7-8-15(17)14-5-3-2-4-6-14/h2-11,18H,12H2,1H3. The minimum absolute atomic E-state index is 0.0118. The van der Waals surface area contributed by atoms with Gasteiger partial charge in [-0.1, -0.05) is 54.6 Å². The van der Waals surface area contributed by atoms with Gasteiger partial charge in [-0.05, 0) is 25.0 Å². The molecule has 0 spiro atoms. The molecule has 0 fully saturated rings. The van der Waals surface area contributed by atoms with Crippen LogP contribution < -0.4 is 0 Å². The van der Waals surface area contributed by atoms with Crippen LogP contribution in [0.4, 0.5) is 0 Å². The molecule has 0 bridgehead atoms. The van der Waals surface area contributed by atoms with Crippen LogP contribution in [0.25, 0.3) is 0 Å². The summed E-state index contributed by atoms with van der Waals surface area (Å²) in [6.45, 7) is 1.76. The summed E-state index contributed by atoms with van der Waals surface area (Å²) in [7, 11) is 0. The highest BCUT2D eigenvalue weighted by Gasteiger charge is 2.17. The molecule has 1 unspecified atom stereocenters. The molecule has 1 aliphatic rings. The first kappa shape index (κ1) is 12.5. The number of rotatable bonds is 3. The van der Waals surface area contributed by atoms with E-state index in [0.29, 0.717) is 12.0 Å². The zero-order chi connectivity index (χ0) is 13.0. The topological polar surface area (TPSA) is 37.3 Å². The van der Waals surface area contributed by atoms with Crippen molar-refractivity contribution < 1.29 is 9.90 Å². The maximum Gasteiger partial charge on any atom is 0.185 e. The molecule has 0 amide bonds. The molecule has 2 rings (SSSR count). The van der Waals surface area contributed by atoms with Gasteiger partial charge in [-0.15, -0.1) is 0 Å². The van der Waals surface area contributed by atoms with E-state index in [9.17, 15) is 9.90 Å². The Labute approximate surface area is 107 Å². The van der Waals surface area contributed by atoms with Gasteiger partial charge in [0.25, 0.3) is 0 Å². The summed E-state index contributed by atoms with van der Waals surface area (Å²) in [5.74, 6) is -0.0118. The number of benzene rings is 1. The zero-order valence-electron chi connectivity index (χ0n) is 10.3. The number of hydrogen-bond donors (Lipinski definition) is 1. The van der Waals surface area contributed by atoms with Gasteiger partial charge in [0.05, 0.1) is 5.60 Å². The summed E-state index contributed by atoms with van der Waals surface area (Å²) in [4.78, 5) is 11.8. The molecular formula is C16H16O2. The van der Waals surface area contributed by atoms with Crippen LogP contribution in [0.3, 0.4) is 0 Å². The number of aliphatic hydroxyl groups is 1. The van der Waals surface area contributed by atoms with Crippen LogP contribution in [0, 0.1) is 0 Å². The highest BCUT2D eigenvalue weighted by molar-refractivity contribution is 6.04. The van der Waals surface area contributed by atoms with Crippen molar-refractivity contribution in [2.24, 2.45) is 0 Å². The maximum atomic E-state index is 11.8. The van der Waals surface area contributed by atoms with Gasteiger partial charge < -0.3 is 5.11 Å². The second-order valence-electron chi connectivity index (χ2n) is 4.66. The Balaban J connectivity index is 2.03. The van der Waals surface area contributed by atoms with Crippen molar-refractivity contribution in [2.75, 3.05) is 0 Å². The summed E-state index contributed by atoms with van der Waals surface area (Å²) in [5, 5.41) is 9.73. The van der Waals surface area contributed by atoms with Gasteiger partial charge in [0.2, 0.25) is 0 Å². The quantitative estimate of drug-likeness (QED) is 0.651. The third-order valence-electron chi connectivity index (χ3n) is 2.87. The van der Waals surface area contributed by atoms with Gasteiger partial charge in [-0.2, -0.15) is 0 Å². The molecule has 18 heavy (non-hydrogen) atoms. The first-order chi connectivity index (χ1) is 8.57. The van der Waals surface area contributed by atoms with Crippen LogP contribution in [0.5, 0.6) is 0 Å². The van der Waals surface area contributed by atoms with Crippen molar-refractivity contribution in [1.82, 2.24) is 0 Å². The average Bonchev–Trinajstić information content (AvgIpc) is 2.38. The van der Waals surface area contributed by atoms with E-state index >= 15 is 0 Å². The van der Waals surface area contributed by atoms with Gasteiger partial charge in [0.15, 0.2) is 5.78 Å². The number of allylic oxidation sites excluding steroid dienone is 4. The van der Waals surface area contributed by atoms with Crippen LogP contribution in [0.15, 0.2) is 66.3 Å². The molecule has 0 aliphatic heterocycles. The molecule has 1 N–H and O–H groups in total. The fraction of sp³-hybridized carbons (Fsp3) is 0.188. The lowest BCUT2D eigenvalue weighted by Crippen LogP contribution is -2.21. The fourth-order valence-electron chi connectivity index (χ4n) is 1.73. The lowest BCUT2D eigenvalue weighted by molar-refractivity contribution is 0.104. The Kier molecular flexibility index (Phi) is 3.58. The molecule has 2 heteroatoms. The fourth-order valence-corrected chi connectivity index (χ4v) is 1.73. The number of carbonyl (C=O) groups is 1. The second-order valence-corrected chi connectivity index (χ2v) is 4.66. The Morgan fingerprint density at radius 2 is 2.06 bits per heavy atom. The van der Waals surface area contributed by atoms with Gasteiger partial charge in [-0.25, -0.2) is 0 Å². The van der Waals surface area contributed by atoms with E-state index in [0.717, 1.165) is 5.57 Å². The van der Waals surface area contributed by atoms with E-state index in [1.807, 2.05) is 30.4 Å². The minimum Gasteiger partial charge on any atom is -0.386 e. The van der Waals surface area contributed by atoms with Crippen molar-refractivity contribution in [3.63, 3.8) is 0 Å². The third kappa shape index (κ3) is 3.28.